The molecule has 1 saturated heterocycles. The molecule has 0 unspecified atom stereocenters. The Bertz CT molecular complexity index is 368. The zero-order chi connectivity index (χ0) is 15.3. The number of aliphatic carboxylic acids is 1. The number of carbonyl (C=O) groups is 2. The van der Waals surface area contributed by atoms with Crippen molar-refractivity contribution in [2.75, 3.05) is 13.1 Å². The Balaban J connectivity index is 1.83. The molecular formula is C16H28N2O3. The van der Waals surface area contributed by atoms with Crippen molar-refractivity contribution >= 4 is 12.0 Å². The zero-order valence-corrected chi connectivity index (χ0v) is 13.1. The lowest BCUT2D eigenvalue weighted by molar-refractivity contribution is -0.139. The fourth-order valence-electron chi connectivity index (χ4n) is 3.77. The van der Waals surface area contributed by atoms with Crippen molar-refractivity contribution in [2.45, 2.75) is 70.8 Å². The van der Waals surface area contributed by atoms with Crippen molar-refractivity contribution < 1.29 is 14.7 Å². The molecule has 5 heteroatoms. The summed E-state index contributed by atoms with van der Waals surface area (Å²) in [7, 11) is 0. The van der Waals surface area contributed by atoms with Crippen LogP contribution < -0.4 is 5.32 Å². The Hall–Kier alpha value is -1.26. The van der Waals surface area contributed by atoms with E-state index in [1.54, 1.807) is 4.90 Å². The van der Waals surface area contributed by atoms with E-state index in [0.29, 0.717) is 11.8 Å². The molecule has 2 aliphatic rings. The highest BCUT2D eigenvalue weighted by atomic mass is 16.4. The summed E-state index contributed by atoms with van der Waals surface area (Å²) in [5.41, 5.74) is 0.463. The Morgan fingerprint density at radius 3 is 2.29 bits per heavy atom. The summed E-state index contributed by atoms with van der Waals surface area (Å²) in [4.78, 5) is 25.1. The third kappa shape index (κ3) is 4.11. The van der Waals surface area contributed by atoms with Gasteiger partial charge < -0.3 is 15.3 Å². The predicted molar refractivity (Wildman–Crippen MR) is 81.2 cm³/mol. The van der Waals surface area contributed by atoms with Crippen LogP contribution in [0.2, 0.25) is 0 Å². The van der Waals surface area contributed by atoms with Crippen LogP contribution in [0.3, 0.4) is 0 Å². The average molecular weight is 296 g/mol. The van der Waals surface area contributed by atoms with Gasteiger partial charge in [-0.2, -0.15) is 0 Å². The van der Waals surface area contributed by atoms with E-state index in [4.69, 9.17) is 5.11 Å². The number of nitrogens with one attached hydrogen (secondary N) is 1. The maximum absolute atomic E-state index is 12.2. The average Bonchev–Trinajstić information content (AvgIpc) is 2.48. The molecule has 1 aliphatic carbocycles. The minimum atomic E-state index is -0.939. The SMILES string of the molecule is CCC[C@@H](NC(=O)N1CCC2(CCCCC2)CC1)C(=O)O. The normalized spacial score (nSPS) is 22.8. The third-order valence-electron chi connectivity index (χ3n) is 5.20. The molecule has 2 fully saturated rings. The second-order valence-electron chi connectivity index (χ2n) is 6.68. The highest BCUT2D eigenvalue weighted by molar-refractivity contribution is 5.82. The summed E-state index contributed by atoms with van der Waals surface area (Å²) >= 11 is 0. The first-order valence-corrected chi connectivity index (χ1v) is 8.34. The maximum Gasteiger partial charge on any atom is 0.326 e. The predicted octanol–water partition coefficient (Wildman–Crippen LogP) is 3.00. The van der Waals surface area contributed by atoms with Crippen LogP contribution in [-0.2, 0) is 4.79 Å². The summed E-state index contributed by atoms with van der Waals surface area (Å²) < 4.78 is 0. The van der Waals surface area contributed by atoms with E-state index in [1.807, 2.05) is 6.92 Å². The molecule has 120 valence electrons. The second-order valence-corrected chi connectivity index (χ2v) is 6.68. The van der Waals surface area contributed by atoms with Gasteiger partial charge in [0.05, 0.1) is 0 Å². The van der Waals surface area contributed by atoms with Crippen LogP contribution in [0, 0.1) is 5.41 Å². The highest BCUT2D eigenvalue weighted by Gasteiger charge is 2.37. The van der Waals surface area contributed by atoms with Crippen molar-refractivity contribution in [2.24, 2.45) is 5.41 Å². The monoisotopic (exact) mass is 296 g/mol. The van der Waals surface area contributed by atoms with Gasteiger partial charge in [-0.3, -0.25) is 0 Å². The molecule has 2 amide bonds. The lowest BCUT2D eigenvalue weighted by atomic mass is 9.68. The van der Waals surface area contributed by atoms with Crippen LogP contribution in [0.15, 0.2) is 0 Å². The molecule has 1 atom stereocenters. The number of urea groups is 1. The summed E-state index contributed by atoms with van der Waals surface area (Å²) in [6.45, 7) is 3.46. The number of nitrogens with zero attached hydrogens (tertiary/aromatic N) is 1. The Morgan fingerprint density at radius 2 is 1.76 bits per heavy atom. The Labute approximate surface area is 127 Å². The number of hydrogen-bond acceptors (Lipinski definition) is 2. The molecule has 0 aromatic heterocycles. The van der Waals surface area contributed by atoms with Gasteiger partial charge in [0.15, 0.2) is 0 Å². The van der Waals surface area contributed by atoms with Gasteiger partial charge in [0, 0.05) is 13.1 Å². The van der Waals surface area contributed by atoms with Crippen LogP contribution >= 0.6 is 0 Å². The van der Waals surface area contributed by atoms with E-state index < -0.39 is 12.0 Å². The number of carbonyl (C=O) groups excluding carboxylic acids is 1. The number of hydrogen-bond donors (Lipinski definition) is 2. The van der Waals surface area contributed by atoms with Gasteiger partial charge in [-0.15, -0.1) is 0 Å². The van der Waals surface area contributed by atoms with Gasteiger partial charge in [-0.25, -0.2) is 9.59 Å². The van der Waals surface area contributed by atoms with Crippen molar-refractivity contribution in [1.82, 2.24) is 10.2 Å². The van der Waals surface area contributed by atoms with E-state index in [2.05, 4.69) is 5.32 Å². The summed E-state index contributed by atoms with van der Waals surface area (Å²) in [5, 5.41) is 11.8. The zero-order valence-electron chi connectivity index (χ0n) is 13.1. The Kier molecular flexibility index (Phi) is 5.48. The van der Waals surface area contributed by atoms with Crippen molar-refractivity contribution in [1.29, 1.82) is 0 Å². The lowest BCUT2D eigenvalue weighted by Gasteiger charge is -2.44. The molecule has 0 aromatic carbocycles. The molecule has 0 radical (unpaired) electrons. The van der Waals surface area contributed by atoms with Crippen molar-refractivity contribution in [3.63, 3.8) is 0 Å². The first-order valence-electron chi connectivity index (χ1n) is 8.34. The third-order valence-corrected chi connectivity index (χ3v) is 5.20. The van der Waals surface area contributed by atoms with Crippen LogP contribution in [0.5, 0.6) is 0 Å². The van der Waals surface area contributed by atoms with Crippen LogP contribution in [0.25, 0.3) is 0 Å². The van der Waals surface area contributed by atoms with Gasteiger partial charge in [0.25, 0.3) is 0 Å². The van der Waals surface area contributed by atoms with Gasteiger partial charge >= 0.3 is 12.0 Å². The molecule has 5 nitrogen and oxygen atoms in total. The van der Waals surface area contributed by atoms with E-state index >= 15 is 0 Å². The van der Waals surface area contributed by atoms with E-state index in [1.165, 1.54) is 32.1 Å². The number of carboxylic acids is 1. The Morgan fingerprint density at radius 1 is 1.14 bits per heavy atom. The number of carboxylic acid groups (broad SMARTS) is 1. The van der Waals surface area contributed by atoms with E-state index in [9.17, 15) is 9.59 Å². The fraction of sp³-hybridized carbons (Fsp3) is 0.875. The van der Waals surface area contributed by atoms with Crippen LogP contribution in [0.4, 0.5) is 4.79 Å². The fourth-order valence-corrected chi connectivity index (χ4v) is 3.77. The van der Waals surface area contributed by atoms with Crippen molar-refractivity contribution in [3.05, 3.63) is 0 Å². The molecule has 2 N–H and O–H groups in total. The summed E-state index contributed by atoms with van der Waals surface area (Å²) in [5.74, 6) is -0.939. The van der Waals surface area contributed by atoms with Crippen LogP contribution in [0.1, 0.15) is 64.7 Å². The molecule has 2 rings (SSSR count). The number of likely N-dealkylation sites (tertiary alicyclic amines) is 1. The molecular weight excluding hydrogens is 268 g/mol. The molecule has 1 heterocycles. The molecule has 21 heavy (non-hydrogen) atoms. The largest absolute Gasteiger partial charge is 0.480 e. The molecule has 1 saturated carbocycles. The van der Waals surface area contributed by atoms with Crippen LogP contribution in [-0.4, -0.2) is 41.1 Å². The maximum atomic E-state index is 12.2. The lowest BCUT2D eigenvalue weighted by Crippen LogP contribution is -2.51. The quantitative estimate of drug-likeness (QED) is 0.838. The topological polar surface area (TPSA) is 69.6 Å². The van der Waals surface area contributed by atoms with E-state index in [0.717, 1.165) is 32.4 Å². The highest BCUT2D eigenvalue weighted by Crippen LogP contribution is 2.44. The number of rotatable bonds is 4. The van der Waals surface area contributed by atoms with Crippen molar-refractivity contribution in [3.8, 4) is 0 Å². The molecule has 0 bridgehead atoms. The van der Waals surface area contributed by atoms with Gasteiger partial charge in [-0.1, -0.05) is 32.6 Å². The standard InChI is InChI=1S/C16H28N2O3/c1-2-6-13(14(19)20)17-15(21)18-11-9-16(10-12-18)7-4-3-5-8-16/h13H,2-12H2,1H3,(H,17,21)(H,19,20)/t13-/m1/s1. The van der Waals surface area contributed by atoms with Gasteiger partial charge in [0.1, 0.15) is 6.04 Å². The molecule has 1 aliphatic heterocycles. The first-order chi connectivity index (χ1) is 10.1. The van der Waals surface area contributed by atoms with Gasteiger partial charge in [-0.05, 0) is 37.5 Å². The smallest absolute Gasteiger partial charge is 0.326 e. The first kappa shape index (κ1) is 16.1. The molecule has 0 aromatic rings. The number of amides is 2. The number of piperidine rings is 1. The van der Waals surface area contributed by atoms with Gasteiger partial charge in [0.2, 0.25) is 0 Å². The molecule has 1 spiro atoms. The minimum absolute atomic E-state index is 0.207. The minimum Gasteiger partial charge on any atom is -0.480 e. The second kappa shape index (κ2) is 7.14. The van der Waals surface area contributed by atoms with E-state index in [-0.39, 0.29) is 6.03 Å². The summed E-state index contributed by atoms with van der Waals surface area (Å²) in [6, 6.07) is -0.963. The summed E-state index contributed by atoms with van der Waals surface area (Å²) in [6.07, 6.45) is 9.99.